The Kier molecular flexibility index (Phi) is 32.8. The predicted octanol–water partition coefficient (Wildman–Crippen LogP) is 11.9. The summed E-state index contributed by atoms with van der Waals surface area (Å²) < 4.78 is 0. The van der Waals surface area contributed by atoms with Gasteiger partial charge in [-0.05, 0) is 64.2 Å². The molecule has 42 heavy (non-hydrogen) atoms. The number of allylic oxidation sites excluding steroid dienone is 4. The highest BCUT2D eigenvalue weighted by Gasteiger charge is 2.33. The third-order valence-electron chi connectivity index (χ3n) is 9.04. The van der Waals surface area contributed by atoms with Crippen LogP contribution in [0.25, 0.3) is 0 Å². The van der Waals surface area contributed by atoms with Crippen LogP contribution in [-0.4, -0.2) is 33.6 Å². The van der Waals surface area contributed by atoms with Crippen molar-refractivity contribution in [2.45, 2.75) is 218 Å². The number of unbranched alkanes of at least 4 members (excludes halogenated alkanes) is 24. The van der Waals surface area contributed by atoms with Gasteiger partial charge in [0.05, 0.1) is 12.2 Å². The first kappa shape index (κ1) is 41.4. The van der Waals surface area contributed by atoms with Crippen molar-refractivity contribution in [3.05, 3.63) is 24.3 Å². The van der Waals surface area contributed by atoms with E-state index in [1.165, 1.54) is 154 Å². The number of aliphatic hydroxyl groups excluding tert-OH is 2. The maximum atomic E-state index is 11.1. The fraction of sp³-hybridized carbons (Fsp3) is 0.897. The van der Waals surface area contributed by atoms with Crippen molar-refractivity contribution < 1.29 is 15.3 Å². The molecule has 0 rings (SSSR count). The number of aliphatic hydroxyl groups is 3. The van der Waals surface area contributed by atoms with Crippen LogP contribution >= 0.6 is 0 Å². The maximum Gasteiger partial charge on any atom is 0.106 e. The van der Waals surface area contributed by atoms with E-state index in [4.69, 9.17) is 0 Å². The van der Waals surface area contributed by atoms with Crippen molar-refractivity contribution >= 4 is 0 Å². The lowest BCUT2D eigenvalue weighted by molar-refractivity contribution is -0.106. The molecular formula is C39H76O3. The predicted molar refractivity (Wildman–Crippen MR) is 186 cm³/mol. The van der Waals surface area contributed by atoms with Crippen molar-refractivity contribution in [1.29, 1.82) is 0 Å². The van der Waals surface area contributed by atoms with Crippen molar-refractivity contribution in [2.75, 3.05) is 6.61 Å². The first-order valence-corrected chi connectivity index (χ1v) is 18.9. The average molecular weight is 593 g/mol. The largest absolute Gasteiger partial charge is 0.394 e. The Labute approximate surface area is 264 Å². The molecule has 0 spiro atoms. The van der Waals surface area contributed by atoms with Gasteiger partial charge in [0.15, 0.2) is 0 Å². The zero-order chi connectivity index (χ0) is 30.8. The molecule has 0 fully saturated rings. The Morgan fingerprint density at radius 2 is 0.690 bits per heavy atom. The van der Waals surface area contributed by atoms with Gasteiger partial charge < -0.3 is 15.3 Å². The van der Waals surface area contributed by atoms with E-state index in [1.54, 1.807) is 0 Å². The van der Waals surface area contributed by atoms with E-state index in [2.05, 4.69) is 38.2 Å². The Hall–Kier alpha value is -0.640. The van der Waals surface area contributed by atoms with Crippen LogP contribution in [0, 0.1) is 0 Å². The summed E-state index contributed by atoms with van der Waals surface area (Å²) >= 11 is 0. The Bertz CT molecular complexity index is 528. The van der Waals surface area contributed by atoms with Crippen LogP contribution in [-0.2, 0) is 0 Å². The summed E-state index contributed by atoms with van der Waals surface area (Å²) in [5.74, 6) is 0. The normalized spacial score (nSPS) is 13.2. The van der Waals surface area contributed by atoms with Crippen molar-refractivity contribution in [1.82, 2.24) is 0 Å². The molecule has 0 aliphatic carbocycles. The smallest absolute Gasteiger partial charge is 0.106 e. The summed E-state index contributed by atoms with van der Waals surface area (Å²) in [7, 11) is 0. The van der Waals surface area contributed by atoms with E-state index in [0.29, 0.717) is 12.8 Å². The monoisotopic (exact) mass is 593 g/mol. The van der Waals surface area contributed by atoms with E-state index in [1.807, 2.05) is 0 Å². The summed E-state index contributed by atoms with van der Waals surface area (Å²) in [6.07, 6.45) is 45.1. The lowest BCUT2D eigenvalue weighted by Gasteiger charge is -2.32. The molecule has 0 saturated heterocycles. The van der Waals surface area contributed by atoms with E-state index in [9.17, 15) is 15.3 Å². The highest BCUT2D eigenvalue weighted by Crippen LogP contribution is 2.27. The van der Waals surface area contributed by atoms with E-state index in [-0.39, 0.29) is 6.61 Å². The van der Waals surface area contributed by atoms with Gasteiger partial charge in [-0.25, -0.2) is 0 Å². The second-order valence-electron chi connectivity index (χ2n) is 13.2. The van der Waals surface area contributed by atoms with Crippen molar-refractivity contribution in [3.8, 4) is 0 Å². The average Bonchev–Trinajstić information content (AvgIpc) is 3.00. The minimum atomic E-state index is -1.13. The molecular weight excluding hydrogens is 516 g/mol. The molecule has 250 valence electrons. The third-order valence-corrected chi connectivity index (χ3v) is 9.04. The quantitative estimate of drug-likeness (QED) is 0.0514. The summed E-state index contributed by atoms with van der Waals surface area (Å²) in [5, 5.41) is 30.9. The van der Waals surface area contributed by atoms with Gasteiger partial charge in [0, 0.05) is 0 Å². The van der Waals surface area contributed by atoms with Gasteiger partial charge in [-0.3, -0.25) is 0 Å². The van der Waals surface area contributed by atoms with Gasteiger partial charge in [0.1, 0.15) is 6.10 Å². The highest BCUT2D eigenvalue weighted by molar-refractivity contribution is 4.86. The summed E-state index contributed by atoms with van der Waals surface area (Å²) in [4.78, 5) is 0. The molecule has 0 aliphatic rings. The first-order chi connectivity index (χ1) is 20.6. The fourth-order valence-electron chi connectivity index (χ4n) is 5.99. The molecule has 3 heteroatoms. The number of hydrogen-bond donors (Lipinski definition) is 3. The molecule has 1 unspecified atom stereocenters. The second-order valence-corrected chi connectivity index (χ2v) is 13.2. The third kappa shape index (κ3) is 28.1. The minimum absolute atomic E-state index is 0.352. The molecule has 1 atom stereocenters. The van der Waals surface area contributed by atoms with E-state index < -0.39 is 11.7 Å². The maximum absolute atomic E-state index is 11.1. The van der Waals surface area contributed by atoms with Crippen molar-refractivity contribution in [2.24, 2.45) is 0 Å². The molecule has 0 aromatic rings. The van der Waals surface area contributed by atoms with Crippen LogP contribution in [0.2, 0.25) is 0 Å². The summed E-state index contributed by atoms with van der Waals surface area (Å²) in [6, 6.07) is 0. The van der Waals surface area contributed by atoms with Gasteiger partial charge in [0.25, 0.3) is 0 Å². The van der Waals surface area contributed by atoms with Crippen LogP contribution in [0.5, 0.6) is 0 Å². The molecule has 0 saturated carbocycles. The molecule has 0 aliphatic heterocycles. The van der Waals surface area contributed by atoms with Crippen molar-refractivity contribution in [3.63, 3.8) is 0 Å². The topological polar surface area (TPSA) is 60.7 Å². The highest BCUT2D eigenvalue weighted by atomic mass is 16.4. The lowest BCUT2D eigenvalue weighted by Crippen LogP contribution is -2.44. The zero-order valence-electron chi connectivity index (χ0n) is 28.6. The molecule has 0 heterocycles. The molecule has 0 amide bonds. The van der Waals surface area contributed by atoms with Gasteiger partial charge in [-0.1, -0.05) is 167 Å². The summed E-state index contributed by atoms with van der Waals surface area (Å²) in [6.45, 7) is 4.19. The molecule has 0 aromatic heterocycles. The lowest BCUT2D eigenvalue weighted by atomic mass is 9.85. The van der Waals surface area contributed by atoms with Crippen LogP contribution in [0.15, 0.2) is 24.3 Å². The van der Waals surface area contributed by atoms with Gasteiger partial charge >= 0.3 is 0 Å². The second kappa shape index (κ2) is 33.3. The summed E-state index contributed by atoms with van der Waals surface area (Å²) in [5.41, 5.74) is -1.13. The Morgan fingerprint density at radius 3 is 0.976 bits per heavy atom. The number of hydrogen-bond acceptors (Lipinski definition) is 3. The van der Waals surface area contributed by atoms with Crippen LogP contribution in [0.3, 0.4) is 0 Å². The molecule has 0 aromatic carbocycles. The minimum Gasteiger partial charge on any atom is -0.394 e. The van der Waals surface area contributed by atoms with Gasteiger partial charge in [-0.2, -0.15) is 0 Å². The molecule has 0 bridgehead atoms. The van der Waals surface area contributed by atoms with Gasteiger partial charge in [-0.15, -0.1) is 0 Å². The van der Waals surface area contributed by atoms with Gasteiger partial charge in [0.2, 0.25) is 0 Å². The molecule has 3 nitrogen and oxygen atoms in total. The van der Waals surface area contributed by atoms with Crippen LogP contribution in [0.4, 0.5) is 0 Å². The fourth-order valence-corrected chi connectivity index (χ4v) is 5.99. The zero-order valence-corrected chi connectivity index (χ0v) is 28.6. The Balaban J connectivity index is 3.71. The molecule has 0 radical (unpaired) electrons. The molecule has 3 N–H and O–H groups in total. The first-order valence-electron chi connectivity index (χ1n) is 18.9. The SMILES string of the molecule is CCCCCCCC/C=C\CCCCCCCCC(O)(CCCCCCCC/C=C\CCCCCCCC)C(O)CO. The standard InChI is InChI=1S/C39H76O3/c1-3-5-7-9-11-13-15-17-19-21-23-25-27-29-31-33-35-39(42,38(41)37-40)36-34-32-30-28-26-24-22-20-18-16-14-12-10-8-6-4-2/h17-20,38,40-42H,3-16,21-37H2,1-2H3/b19-17-,20-18-. The van der Waals surface area contributed by atoms with Crippen LogP contribution < -0.4 is 0 Å². The van der Waals surface area contributed by atoms with E-state index in [0.717, 1.165) is 25.7 Å². The number of rotatable bonds is 34. The van der Waals surface area contributed by atoms with E-state index >= 15 is 0 Å². The van der Waals surface area contributed by atoms with Crippen LogP contribution in [0.1, 0.15) is 206 Å². The Morgan fingerprint density at radius 1 is 0.429 bits per heavy atom.